The number of ether oxygens (including phenoxy) is 1. The summed E-state index contributed by atoms with van der Waals surface area (Å²) in [6, 6.07) is 0.309. The third-order valence-corrected chi connectivity index (χ3v) is 2.38. The van der Waals surface area contributed by atoms with Gasteiger partial charge in [0.05, 0.1) is 6.61 Å². The van der Waals surface area contributed by atoms with Crippen molar-refractivity contribution in [1.82, 2.24) is 10.2 Å². The lowest BCUT2D eigenvalue weighted by molar-refractivity contribution is -0.192. The van der Waals surface area contributed by atoms with E-state index in [1.165, 1.54) is 0 Å². The summed E-state index contributed by atoms with van der Waals surface area (Å²) >= 11 is 0. The Balaban J connectivity index is 0.000000399. The van der Waals surface area contributed by atoms with E-state index in [0.717, 1.165) is 19.5 Å². The normalized spacial score (nSPS) is 18.3. The molecule has 0 spiro atoms. The number of carboxylic acid groups (broad SMARTS) is 1. The Kier molecular flexibility index (Phi) is 7.20. The van der Waals surface area contributed by atoms with Gasteiger partial charge in [-0.15, -0.1) is 0 Å². The summed E-state index contributed by atoms with van der Waals surface area (Å²) in [5.41, 5.74) is 0. The van der Waals surface area contributed by atoms with Crippen molar-refractivity contribution in [1.29, 1.82) is 0 Å². The van der Waals surface area contributed by atoms with E-state index in [1.807, 2.05) is 6.92 Å². The van der Waals surface area contributed by atoms with Crippen LogP contribution in [0.15, 0.2) is 0 Å². The van der Waals surface area contributed by atoms with E-state index in [-0.39, 0.29) is 6.09 Å². The summed E-state index contributed by atoms with van der Waals surface area (Å²) in [5, 5.41) is 10.3. The van der Waals surface area contributed by atoms with Crippen molar-refractivity contribution in [3.63, 3.8) is 0 Å². The number of aliphatic carboxylic acids is 1. The molecule has 1 aliphatic heterocycles. The van der Waals surface area contributed by atoms with E-state index >= 15 is 0 Å². The van der Waals surface area contributed by atoms with Crippen LogP contribution in [-0.2, 0) is 9.53 Å². The van der Waals surface area contributed by atoms with E-state index in [2.05, 4.69) is 5.32 Å². The van der Waals surface area contributed by atoms with Crippen molar-refractivity contribution in [3.05, 3.63) is 0 Å². The second-order valence-corrected chi connectivity index (χ2v) is 3.76. The van der Waals surface area contributed by atoms with Crippen LogP contribution in [0.25, 0.3) is 0 Å². The molecule has 112 valence electrons. The maximum atomic E-state index is 11.2. The third kappa shape index (κ3) is 6.85. The zero-order valence-electron chi connectivity index (χ0n) is 10.7. The number of amides is 1. The molecule has 2 N–H and O–H groups in total. The summed E-state index contributed by atoms with van der Waals surface area (Å²) in [7, 11) is 1.79. The van der Waals surface area contributed by atoms with Crippen LogP contribution in [0.4, 0.5) is 18.0 Å². The number of rotatable bonds is 2. The number of nitrogens with one attached hydrogen (secondary N) is 1. The van der Waals surface area contributed by atoms with E-state index in [1.54, 1.807) is 11.9 Å². The predicted octanol–water partition coefficient (Wildman–Crippen LogP) is 1.07. The van der Waals surface area contributed by atoms with Gasteiger partial charge in [0.2, 0.25) is 0 Å². The van der Waals surface area contributed by atoms with Gasteiger partial charge in [0.15, 0.2) is 0 Å². The van der Waals surface area contributed by atoms with Gasteiger partial charge in [-0.05, 0) is 19.9 Å². The fourth-order valence-corrected chi connectivity index (χ4v) is 1.34. The Labute approximate surface area is 108 Å². The predicted molar refractivity (Wildman–Crippen MR) is 59.8 cm³/mol. The van der Waals surface area contributed by atoms with Crippen LogP contribution < -0.4 is 5.32 Å². The highest BCUT2D eigenvalue weighted by molar-refractivity contribution is 5.73. The van der Waals surface area contributed by atoms with Gasteiger partial charge in [-0.1, -0.05) is 0 Å². The molecule has 9 heteroatoms. The number of alkyl halides is 3. The standard InChI is InChI=1S/C8H16N2O2.C2HF3O2/c1-3-12-8(11)10(2)7-4-5-9-6-7;3-2(4,5)1(6)7/h7,9H,3-6H2,1-2H3;(H,6,7)/t7-;/m1./s1. The van der Waals surface area contributed by atoms with Crippen molar-refractivity contribution in [2.75, 3.05) is 26.7 Å². The molecule has 0 aliphatic carbocycles. The number of halogens is 3. The molecule has 0 saturated carbocycles. The molecule has 1 fully saturated rings. The summed E-state index contributed by atoms with van der Waals surface area (Å²) in [5.74, 6) is -2.76. The number of nitrogens with zero attached hydrogens (tertiary/aromatic N) is 1. The molecule has 0 radical (unpaired) electrons. The van der Waals surface area contributed by atoms with Crippen LogP contribution in [-0.4, -0.2) is 61.0 Å². The molecule has 0 aromatic carbocycles. The van der Waals surface area contributed by atoms with E-state index in [4.69, 9.17) is 14.6 Å². The number of carboxylic acids is 1. The highest BCUT2D eigenvalue weighted by atomic mass is 19.4. The molecule has 6 nitrogen and oxygen atoms in total. The molecule has 0 aromatic rings. The average molecular weight is 286 g/mol. The second-order valence-electron chi connectivity index (χ2n) is 3.76. The topological polar surface area (TPSA) is 78.9 Å². The Morgan fingerprint density at radius 3 is 2.32 bits per heavy atom. The molecule has 0 unspecified atom stereocenters. The first-order valence-corrected chi connectivity index (χ1v) is 5.60. The molecule has 1 aliphatic rings. The minimum absolute atomic E-state index is 0.216. The lowest BCUT2D eigenvalue weighted by Crippen LogP contribution is -2.38. The summed E-state index contributed by atoms with van der Waals surface area (Å²) in [4.78, 5) is 21.8. The molecule has 1 atom stereocenters. The Morgan fingerprint density at radius 1 is 1.47 bits per heavy atom. The van der Waals surface area contributed by atoms with Gasteiger partial charge in [-0.3, -0.25) is 0 Å². The van der Waals surface area contributed by atoms with Crippen molar-refractivity contribution in [3.8, 4) is 0 Å². The van der Waals surface area contributed by atoms with Crippen LogP contribution in [0.2, 0.25) is 0 Å². The Hall–Kier alpha value is -1.51. The van der Waals surface area contributed by atoms with E-state index < -0.39 is 12.1 Å². The Morgan fingerprint density at radius 2 is 2.00 bits per heavy atom. The summed E-state index contributed by atoms with van der Waals surface area (Å²) in [6.07, 6.45) is -4.28. The van der Waals surface area contributed by atoms with Crippen molar-refractivity contribution in [2.24, 2.45) is 0 Å². The summed E-state index contributed by atoms with van der Waals surface area (Å²) in [6.45, 7) is 4.14. The van der Waals surface area contributed by atoms with E-state index in [9.17, 15) is 18.0 Å². The van der Waals surface area contributed by atoms with Crippen molar-refractivity contribution >= 4 is 12.1 Å². The maximum Gasteiger partial charge on any atom is 0.490 e. The van der Waals surface area contributed by atoms with Crippen LogP contribution in [0.3, 0.4) is 0 Å². The van der Waals surface area contributed by atoms with Crippen molar-refractivity contribution < 1.29 is 32.6 Å². The lowest BCUT2D eigenvalue weighted by atomic mass is 10.2. The molecular formula is C10H17F3N2O4. The van der Waals surface area contributed by atoms with Crippen LogP contribution in [0.5, 0.6) is 0 Å². The molecule has 19 heavy (non-hydrogen) atoms. The number of carbonyl (C=O) groups excluding carboxylic acids is 1. The van der Waals surface area contributed by atoms with Gasteiger partial charge < -0.3 is 20.1 Å². The molecule has 1 heterocycles. The zero-order valence-corrected chi connectivity index (χ0v) is 10.7. The monoisotopic (exact) mass is 286 g/mol. The van der Waals surface area contributed by atoms with Gasteiger partial charge in [-0.2, -0.15) is 13.2 Å². The van der Waals surface area contributed by atoms with Crippen LogP contribution in [0, 0.1) is 0 Å². The first kappa shape index (κ1) is 17.5. The molecule has 1 amide bonds. The highest BCUT2D eigenvalue weighted by Crippen LogP contribution is 2.13. The van der Waals surface area contributed by atoms with Gasteiger partial charge in [0, 0.05) is 19.6 Å². The molecule has 0 bridgehead atoms. The Bertz CT molecular complexity index is 304. The lowest BCUT2D eigenvalue weighted by Gasteiger charge is -2.22. The zero-order chi connectivity index (χ0) is 15.1. The van der Waals surface area contributed by atoms with Gasteiger partial charge in [0.25, 0.3) is 0 Å². The van der Waals surface area contributed by atoms with Gasteiger partial charge in [0.1, 0.15) is 0 Å². The fraction of sp³-hybridized carbons (Fsp3) is 0.800. The maximum absolute atomic E-state index is 11.2. The minimum atomic E-state index is -5.08. The molecule has 1 rings (SSSR count). The molecule has 1 saturated heterocycles. The quantitative estimate of drug-likeness (QED) is 0.794. The van der Waals surface area contributed by atoms with Crippen LogP contribution in [0.1, 0.15) is 13.3 Å². The van der Waals surface area contributed by atoms with Crippen molar-refractivity contribution in [2.45, 2.75) is 25.6 Å². The number of carbonyl (C=O) groups is 2. The highest BCUT2D eigenvalue weighted by Gasteiger charge is 2.38. The smallest absolute Gasteiger partial charge is 0.475 e. The van der Waals surface area contributed by atoms with Gasteiger partial charge in [-0.25, -0.2) is 9.59 Å². The minimum Gasteiger partial charge on any atom is -0.475 e. The summed E-state index contributed by atoms with van der Waals surface area (Å²) < 4.78 is 36.6. The molecule has 0 aromatic heterocycles. The molecular weight excluding hydrogens is 269 g/mol. The first-order valence-electron chi connectivity index (χ1n) is 5.60. The second kappa shape index (κ2) is 7.82. The third-order valence-electron chi connectivity index (χ3n) is 2.38. The van der Waals surface area contributed by atoms with Crippen LogP contribution >= 0.6 is 0 Å². The first-order chi connectivity index (χ1) is 8.70. The average Bonchev–Trinajstić information content (AvgIpc) is 2.81. The van der Waals surface area contributed by atoms with Gasteiger partial charge >= 0.3 is 18.2 Å². The largest absolute Gasteiger partial charge is 0.490 e. The number of likely N-dealkylation sites (N-methyl/N-ethyl adjacent to an activating group) is 1. The SMILES string of the molecule is CCOC(=O)N(C)[C@@H]1CCNC1.O=C(O)C(F)(F)F. The van der Waals surface area contributed by atoms with E-state index in [0.29, 0.717) is 12.6 Å². The number of hydrogen-bond acceptors (Lipinski definition) is 4. The fourth-order valence-electron chi connectivity index (χ4n) is 1.34. The number of hydrogen-bond donors (Lipinski definition) is 2.